The van der Waals surface area contributed by atoms with Crippen LogP contribution < -0.4 is 0 Å². The molecule has 0 aliphatic rings. The van der Waals surface area contributed by atoms with Gasteiger partial charge in [0.15, 0.2) is 0 Å². The maximum atomic E-state index is 4.80. The van der Waals surface area contributed by atoms with Gasteiger partial charge in [-0.25, -0.2) is 4.98 Å². The molecule has 0 aliphatic carbocycles. The first kappa shape index (κ1) is 13.4. The van der Waals surface area contributed by atoms with Crippen LogP contribution in [0.3, 0.4) is 0 Å². The number of nitrogens with zero attached hydrogens (tertiary/aromatic N) is 2. The van der Waals surface area contributed by atoms with Gasteiger partial charge in [0, 0.05) is 22.0 Å². The van der Waals surface area contributed by atoms with Crippen LogP contribution in [0, 0.1) is 6.92 Å². The number of hydrogen-bond donors (Lipinski definition) is 0. The first-order valence-electron chi connectivity index (χ1n) is 6.95. The lowest BCUT2D eigenvalue weighted by atomic mass is 9.93. The Bertz CT molecular complexity index is 744. The fraction of sp³-hybridized carbons (Fsp3) is 0.353. The molecule has 0 spiro atoms. The van der Waals surface area contributed by atoms with Crippen molar-refractivity contribution >= 4 is 22.2 Å². The van der Waals surface area contributed by atoms with Crippen molar-refractivity contribution in [2.75, 3.05) is 0 Å². The van der Waals surface area contributed by atoms with E-state index >= 15 is 0 Å². The fourth-order valence-electron chi connectivity index (χ4n) is 2.42. The topological polar surface area (TPSA) is 17.8 Å². The summed E-state index contributed by atoms with van der Waals surface area (Å²) in [5.41, 5.74) is 3.89. The van der Waals surface area contributed by atoms with Crippen LogP contribution in [0.25, 0.3) is 10.9 Å². The Balaban J connectivity index is 1.97. The lowest BCUT2D eigenvalue weighted by molar-refractivity contribution is 0.570. The summed E-state index contributed by atoms with van der Waals surface area (Å²) in [6.45, 7) is 9.66. The number of para-hydroxylation sites is 1. The molecular formula is C17H20N2S. The Morgan fingerprint density at radius 1 is 1.20 bits per heavy atom. The van der Waals surface area contributed by atoms with E-state index in [9.17, 15) is 0 Å². The summed E-state index contributed by atoms with van der Waals surface area (Å²) in [6.07, 6.45) is 0. The number of aromatic nitrogens is 2. The minimum Gasteiger partial charge on any atom is -0.338 e. The zero-order chi connectivity index (χ0) is 14.3. The van der Waals surface area contributed by atoms with Gasteiger partial charge in [0.1, 0.15) is 5.01 Å². The molecule has 0 saturated carbocycles. The number of fused-ring (bicyclic) bond motifs is 1. The highest BCUT2D eigenvalue weighted by Crippen LogP contribution is 2.26. The molecule has 0 atom stereocenters. The van der Waals surface area contributed by atoms with Crippen molar-refractivity contribution in [3.63, 3.8) is 0 Å². The smallest absolute Gasteiger partial charge is 0.113 e. The Morgan fingerprint density at radius 2 is 1.95 bits per heavy atom. The zero-order valence-electron chi connectivity index (χ0n) is 12.5. The average molecular weight is 284 g/mol. The Labute approximate surface area is 124 Å². The van der Waals surface area contributed by atoms with Crippen molar-refractivity contribution in [1.29, 1.82) is 0 Å². The van der Waals surface area contributed by atoms with Crippen LogP contribution in [-0.2, 0) is 12.0 Å². The lowest BCUT2D eigenvalue weighted by Crippen LogP contribution is -2.12. The van der Waals surface area contributed by atoms with Gasteiger partial charge < -0.3 is 4.57 Å². The van der Waals surface area contributed by atoms with Gasteiger partial charge in [-0.2, -0.15) is 0 Å². The van der Waals surface area contributed by atoms with Crippen molar-refractivity contribution in [2.45, 2.75) is 39.7 Å². The van der Waals surface area contributed by atoms with E-state index in [-0.39, 0.29) is 5.41 Å². The number of thiazole rings is 1. The molecular weight excluding hydrogens is 264 g/mol. The standard InChI is InChI=1S/C17H20N2S/c1-12-9-13-7-5-6-8-14(13)19(12)10-16-18-15(11-20-16)17(2,3)4/h5-9,11H,10H2,1-4H3. The number of rotatable bonds is 2. The van der Waals surface area contributed by atoms with E-state index < -0.39 is 0 Å². The average Bonchev–Trinajstić information content (AvgIpc) is 2.95. The molecule has 3 heteroatoms. The van der Waals surface area contributed by atoms with E-state index in [0.717, 1.165) is 6.54 Å². The van der Waals surface area contributed by atoms with Gasteiger partial charge in [-0.1, -0.05) is 39.0 Å². The largest absolute Gasteiger partial charge is 0.338 e. The number of benzene rings is 1. The number of hydrogen-bond acceptors (Lipinski definition) is 2. The van der Waals surface area contributed by atoms with Crippen LogP contribution in [0.4, 0.5) is 0 Å². The second-order valence-corrected chi connectivity index (χ2v) is 7.25. The minimum absolute atomic E-state index is 0.128. The molecule has 0 bridgehead atoms. The first-order valence-corrected chi connectivity index (χ1v) is 7.83. The highest BCUT2D eigenvalue weighted by Gasteiger charge is 2.17. The highest BCUT2D eigenvalue weighted by atomic mass is 32.1. The summed E-state index contributed by atoms with van der Waals surface area (Å²) < 4.78 is 2.35. The molecule has 104 valence electrons. The molecule has 0 N–H and O–H groups in total. The molecule has 0 saturated heterocycles. The third-order valence-electron chi connectivity index (χ3n) is 3.63. The van der Waals surface area contributed by atoms with E-state index in [1.165, 1.54) is 27.3 Å². The van der Waals surface area contributed by atoms with Gasteiger partial charge >= 0.3 is 0 Å². The third kappa shape index (κ3) is 2.38. The third-order valence-corrected chi connectivity index (χ3v) is 4.46. The van der Waals surface area contributed by atoms with Crippen molar-refractivity contribution in [3.05, 3.63) is 52.1 Å². The van der Waals surface area contributed by atoms with Crippen molar-refractivity contribution in [2.24, 2.45) is 0 Å². The van der Waals surface area contributed by atoms with E-state index in [1.807, 2.05) is 0 Å². The molecule has 3 aromatic rings. The maximum Gasteiger partial charge on any atom is 0.113 e. The van der Waals surface area contributed by atoms with E-state index in [0.29, 0.717) is 0 Å². The Kier molecular flexibility index (Phi) is 3.17. The predicted molar refractivity (Wildman–Crippen MR) is 86.6 cm³/mol. The zero-order valence-corrected chi connectivity index (χ0v) is 13.3. The minimum atomic E-state index is 0.128. The van der Waals surface area contributed by atoms with Crippen LogP contribution in [0.5, 0.6) is 0 Å². The molecule has 2 nitrogen and oxygen atoms in total. The number of aryl methyl sites for hydroxylation is 1. The summed E-state index contributed by atoms with van der Waals surface area (Å²) in [6, 6.07) is 10.8. The van der Waals surface area contributed by atoms with Crippen LogP contribution in [-0.4, -0.2) is 9.55 Å². The maximum absolute atomic E-state index is 4.80. The summed E-state index contributed by atoms with van der Waals surface area (Å²) in [4.78, 5) is 4.80. The van der Waals surface area contributed by atoms with Gasteiger partial charge in [0.05, 0.1) is 12.2 Å². The van der Waals surface area contributed by atoms with E-state index in [2.05, 4.69) is 68.0 Å². The van der Waals surface area contributed by atoms with Gasteiger partial charge in [0.25, 0.3) is 0 Å². The second-order valence-electron chi connectivity index (χ2n) is 6.31. The highest BCUT2D eigenvalue weighted by molar-refractivity contribution is 7.09. The molecule has 3 rings (SSSR count). The van der Waals surface area contributed by atoms with E-state index in [1.54, 1.807) is 11.3 Å². The molecule has 20 heavy (non-hydrogen) atoms. The summed E-state index contributed by atoms with van der Waals surface area (Å²) >= 11 is 1.76. The molecule has 0 fully saturated rings. The van der Waals surface area contributed by atoms with Gasteiger partial charge in [-0.3, -0.25) is 0 Å². The summed E-state index contributed by atoms with van der Waals surface area (Å²) in [7, 11) is 0. The van der Waals surface area contributed by atoms with Crippen LogP contribution in [0.1, 0.15) is 37.2 Å². The van der Waals surface area contributed by atoms with Gasteiger partial charge in [0.2, 0.25) is 0 Å². The van der Waals surface area contributed by atoms with Crippen LogP contribution >= 0.6 is 11.3 Å². The summed E-state index contributed by atoms with van der Waals surface area (Å²) in [5.74, 6) is 0. The van der Waals surface area contributed by atoms with Crippen molar-refractivity contribution in [3.8, 4) is 0 Å². The molecule has 0 unspecified atom stereocenters. The normalized spacial score (nSPS) is 12.2. The lowest BCUT2D eigenvalue weighted by Gasteiger charge is -2.14. The van der Waals surface area contributed by atoms with Crippen LogP contribution in [0.15, 0.2) is 35.7 Å². The van der Waals surface area contributed by atoms with Crippen LogP contribution in [0.2, 0.25) is 0 Å². The predicted octanol–water partition coefficient (Wildman–Crippen LogP) is 4.75. The second kappa shape index (κ2) is 4.74. The molecule has 2 heterocycles. The van der Waals surface area contributed by atoms with Crippen molar-refractivity contribution in [1.82, 2.24) is 9.55 Å². The first-order chi connectivity index (χ1) is 9.45. The van der Waals surface area contributed by atoms with Gasteiger partial charge in [-0.05, 0) is 24.4 Å². The molecule has 1 aromatic carbocycles. The summed E-state index contributed by atoms with van der Waals surface area (Å²) in [5, 5.41) is 4.67. The monoisotopic (exact) mass is 284 g/mol. The molecule has 0 amide bonds. The fourth-order valence-corrected chi connectivity index (χ4v) is 3.43. The molecule has 2 aromatic heterocycles. The SMILES string of the molecule is Cc1cc2ccccc2n1Cc1nc(C(C)(C)C)cs1. The molecule has 0 aliphatic heterocycles. The Hall–Kier alpha value is -1.61. The Morgan fingerprint density at radius 3 is 2.65 bits per heavy atom. The van der Waals surface area contributed by atoms with Gasteiger partial charge in [-0.15, -0.1) is 11.3 Å². The van der Waals surface area contributed by atoms with Crippen molar-refractivity contribution < 1.29 is 0 Å². The quantitative estimate of drug-likeness (QED) is 0.664. The molecule has 0 radical (unpaired) electrons. The van der Waals surface area contributed by atoms with E-state index in [4.69, 9.17) is 4.98 Å².